The molecule has 2 rings (SSSR count). The minimum atomic E-state index is -1.16. The Labute approximate surface area is 152 Å². The van der Waals surface area contributed by atoms with Gasteiger partial charge in [0.1, 0.15) is 0 Å². The minimum Gasteiger partial charge on any atom is -0.475 e. The van der Waals surface area contributed by atoms with Gasteiger partial charge in [-0.25, -0.2) is 9.59 Å². The van der Waals surface area contributed by atoms with E-state index < -0.39 is 18.2 Å². The van der Waals surface area contributed by atoms with Crippen LogP contribution in [0.3, 0.4) is 0 Å². The second-order valence-electron chi connectivity index (χ2n) is 5.95. The summed E-state index contributed by atoms with van der Waals surface area (Å²) in [5, 5.41) is 18.5. The molecular formula is C19H24O7. The Kier molecular flexibility index (Phi) is 7.17. The predicted molar refractivity (Wildman–Crippen MR) is 92.6 cm³/mol. The van der Waals surface area contributed by atoms with E-state index >= 15 is 0 Å². The van der Waals surface area contributed by atoms with Crippen molar-refractivity contribution in [1.29, 1.82) is 0 Å². The van der Waals surface area contributed by atoms with Crippen LogP contribution in [0.1, 0.15) is 41.6 Å². The Morgan fingerprint density at radius 2 is 1.92 bits per heavy atom. The fourth-order valence-electron chi connectivity index (χ4n) is 3.10. The Balaban J connectivity index is 2.38. The molecule has 0 amide bonds. The molecule has 0 bridgehead atoms. The highest BCUT2D eigenvalue weighted by Gasteiger charge is 2.37. The Morgan fingerprint density at radius 3 is 2.46 bits per heavy atom. The quantitative estimate of drug-likeness (QED) is 0.682. The monoisotopic (exact) mass is 364 g/mol. The number of hydrogen-bond donors (Lipinski definition) is 2. The molecule has 0 fully saturated rings. The van der Waals surface area contributed by atoms with Crippen LogP contribution in [0.25, 0.3) is 0 Å². The van der Waals surface area contributed by atoms with E-state index in [-0.39, 0.29) is 24.2 Å². The van der Waals surface area contributed by atoms with Gasteiger partial charge in [0.2, 0.25) is 12.0 Å². The van der Waals surface area contributed by atoms with Gasteiger partial charge in [-0.2, -0.15) is 0 Å². The van der Waals surface area contributed by atoms with Crippen LogP contribution in [0.5, 0.6) is 0 Å². The summed E-state index contributed by atoms with van der Waals surface area (Å²) in [6.07, 6.45) is 2.00. The molecule has 1 aromatic carbocycles. The number of methoxy groups -OCH3 is 1. The topological polar surface area (TPSA) is 102 Å². The molecule has 0 saturated carbocycles. The van der Waals surface area contributed by atoms with Gasteiger partial charge in [-0.15, -0.1) is 0 Å². The lowest BCUT2D eigenvalue weighted by atomic mass is 9.80. The van der Waals surface area contributed by atoms with Crippen LogP contribution >= 0.6 is 0 Å². The third-order valence-electron chi connectivity index (χ3n) is 4.34. The molecule has 1 aromatic rings. The molecule has 7 nitrogen and oxygen atoms in total. The number of carboxylic acids is 1. The van der Waals surface area contributed by atoms with E-state index in [4.69, 9.17) is 14.2 Å². The van der Waals surface area contributed by atoms with E-state index in [1.54, 1.807) is 30.3 Å². The summed E-state index contributed by atoms with van der Waals surface area (Å²) in [4.78, 5) is 23.0. The third kappa shape index (κ3) is 4.62. The molecule has 1 aliphatic rings. The zero-order valence-electron chi connectivity index (χ0n) is 14.9. The van der Waals surface area contributed by atoms with Crippen LogP contribution in [0.2, 0.25) is 0 Å². The van der Waals surface area contributed by atoms with Crippen LogP contribution in [-0.4, -0.2) is 48.8 Å². The number of hydrogen-bond acceptors (Lipinski definition) is 6. The molecule has 26 heavy (non-hydrogen) atoms. The van der Waals surface area contributed by atoms with Crippen molar-refractivity contribution in [3.05, 3.63) is 47.2 Å². The standard InChI is InChI=1S/C19H24O7/c1-3-25-19-14(5-4-10-20)15(11-16(26-19)17(21)22)12-6-8-13(9-7-12)18(23)24-2/h6-9,11,14-15,19-20H,3-5,10H2,1-2H3,(H,21,22). The second kappa shape index (κ2) is 9.35. The van der Waals surface area contributed by atoms with E-state index in [9.17, 15) is 19.8 Å². The first kappa shape index (κ1) is 19.9. The molecule has 0 aromatic heterocycles. The lowest BCUT2D eigenvalue weighted by Crippen LogP contribution is -2.36. The normalized spacial score (nSPS) is 22.3. The molecule has 7 heteroatoms. The number of carboxylic acid groups (broad SMARTS) is 1. The van der Waals surface area contributed by atoms with Crippen molar-refractivity contribution in [3.63, 3.8) is 0 Å². The fraction of sp³-hybridized carbons (Fsp3) is 0.474. The summed E-state index contributed by atoms with van der Waals surface area (Å²) in [5.74, 6) is -2.19. The summed E-state index contributed by atoms with van der Waals surface area (Å²) in [7, 11) is 1.31. The van der Waals surface area contributed by atoms with Crippen molar-refractivity contribution < 1.29 is 34.0 Å². The summed E-state index contributed by atoms with van der Waals surface area (Å²) in [6.45, 7) is 2.21. The molecule has 0 saturated heterocycles. The summed E-state index contributed by atoms with van der Waals surface area (Å²) >= 11 is 0. The van der Waals surface area contributed by atoms with Gasteiger partial charge in [-0.1, -0.05) is 12.1 Å². The van der Waals surface area contributed by atoms with E-state index in [0.29, 0.717) is 25.0 Å². The van der Waals surface area contributed by atoms with Gasteiger partial charge in [0, 0.05) is 25.0 Å². The second-order valence-corrected chi connectivity index (χ2v) is 5.95. The van der Waals surface area contributed by atoms with Gasteiger partial charge < -0.3 is 24.4 Å². The Hall–Kier alpha value is -2.38. The van der Waals surface area contributed by atoms with Crippen molar-refractivity contribution in [1.82, 2.24) is 0 Å². The number of esters is 1. The average molecular weight is 364 g/mol. The lowest BCUT2D eigenvalue weighted by molar-refractivity contribution is -0.173. The Morgan fingerprint density at radius 1 is 1.23 bits per heavy atom. The smallest absolute Gasteiger partial charge is 0.370 e. The van der Waals surface area contributed by atoms with Crippen molar-refractivity contribution in [3.8, 4) is 0 Å². The summed E-state index contributed by atoms with van der Waals surface area (Å²) in [6, 6.07) is 6.83. The molecule has 1 aliphatic heterocycles. The number of carbonyl (C=O) groups is 2. The maximum atomic E-state index is 11.6. The molecule has 142 valence electrons. The van der Waals surface area contributed by atoms with Crippen molar-refractivity contribution in [2.24, 2.45) is 5.92 Å². The molecule has 0 aliphatic carbocycles. The van der Waals surface area contributed by atoms with E-state index in [1.165, 1.54) is 7.11 Å². The third-order valence-corrected chi connectivity index (χ3v) is 4.34. The lowest BCUT2D eigenvalue weighted by Gasteiger charge is -2.36. The molecular weight excluding hydrogens is 340 g/mol. The van der Waals surface area contributed by atoms with Gasteiger partial charge in [0.25, 0.3) is 0 Å². The highest BCUT2D eigenvalue weighted by molar-refractivity contribution is 5.89. The zero-order valence-corrected chi connectivity index (χ0v) is 14.9. The van der Waals surface area contributed by atoms with E-state index in [2.05, 4.69) is 0 Å². The molecule has 3 atom stereocenters. The molecule has 0 radical (unpaired) electrons. The van der Waals surface area contributed by atoms with Crippen LogP contribution < -0.4 is 0 Å². The number of carbonyl (C=O) groups excluding carboxylic acids is 1. The zero-order chi connectivity index (χ0) is 19.1. The summed E-state index contributed by atoms with van der Waals surface area (Å²) in [5.41, 5.74) is 1.26. The number of allylic oxidation sites excluding steroid dienone is 1. The van der Waals surface area contributed by atoms with Crippen LogP contribution in [0.4, 0.5) is 0 Å². The van der Waals surface area contributed by atoms with Crippen molar-refractivity contribution in [2.75, 3.05) is 20.3 Å². The number of rotatable bonds is 8. The van der Waals surface area contributed by atoms with Crippen molar-refractivity contribution in [2.45, 2.75) is 32.0 Å². The first-order chi connectivity index (χ1) is 12.5. The number of benzene rings is 1. The van der Waals surface area contributed by atoms with Crippen molar-refractivity contribution >= 4 is 11.9 Å². The van der Waals surface area contributed by atoms with Crippen LogP contribution in [0.15, 0.2) is 36.1 Å². The SMILES string of the molecule is CCOC1OC(C(=O)O)=CC(c2ccc(C(=O)OC)cc2)C1CCCO. The Bertz CT molecular complexity index is 650. The van der Waals surface area contributed by atoms with Gasteiger partial charge in [0.05, 0.1) is 12.7 Å². The minimum absolute atomic E-state index is 0.0266. The van der Waals surface area contributed by atoms with Gasteiger partial charge >= 0.3 is 11.9 Å². The first-order valence-electron chi connectivity index (χ1n) is 8.54. The molecule has 3 unspecified atom stereocenters. The maximum Gasteiger partial charge on any atom is 0.370 e. The van der Waals surface area contributed by atoms with Gasteiger partial charge in [-0.05, 0) is 43.5 Å². The molecule has 0 spiro atoms. The largest absolute Gasteiger partial charge is 0.475 e. The number of ether oxygens (including phenoxy) is 3. The molecule has 1 heterocycles. The van der Waals surface area contributed by atoms with Gasteiger partial charge in [0.15, 0.2) is 0 Å². The predicted octanol–water partition coefficient (Wildman–Crippen LogP) is 2.31. The van der Waals surface area contributed by atoms with Crippen LogP contribution in [0, 0.1) is 5.92 Å². The highest BCUT2D eigenvalue weighted by atomic mass is 16.7. The first-order valence-corrected chi connectivity index (χ1v) is 8.54. The van der Waals surface area contributed by atoms with Crippen LogP contribution in [-0.2, 0) is 19.0 Å². The molecule has 2 N–H and O–H groups in total. The number of aliphatic carboxylic acids is 1. The fourth-order valence-corrected chi connectivity index (χ4v) is 3.10. The van der Waals surface area contributed by atoms with E-state index in [1.807, 2.05) is 6.92 Å². The maximum absolute atomic E-state index is 11.6. The van der Waals surface area contributed by atoms with Gasteiger partial charge in [-0.3, -0.25) is 0 Å². The van der Waals surface area contributed by atoms with E-state index in [0.717, 1.165) is 5.56 Å². The average Bonchev–Trinajstić information content (AvgIpc) is 2.66. The summed E-state index contributed by atoms with van der Waals surface area (Å²) < 4.78 is 15.8. The number of aliphatic hydroxyl groups is 1. The number of aliphatic hydroxyl groups excluding tert-OH is 1. The highest BCUT2D eigenvalue weighted by Crippen LogP contribution is 2.39.